The fourth-order valence-electron chi connectivity index (χ4n) is 3.14. The molecule has 5 nitrogen and oxygen atoms in total. The van der Waals surface area contributed by atoms with Crippen LogP contribution >= 0.6 is 11.3 Å². The molecule has 1 aromatic heterocycles. The lowest BCUT2D eigenvalue weighted by atomic mass is 9.90. The van der Waals surface area contributed by atoms with Gasteiger partial charge in [-0.3, -0.25) is 0 Å². The molecule has 2 fully saturated rings. The van der Waals surface area contributed by atoms with Crippen LogP contribution in [0.3, 0.4) is 0 Å². The van der Waals surface area contributed by atoms with Crippen LogP contribution in [0.25, 0.3) is 0 Å². The lowest BCUT2D eigenvalue weighted by Gasteiger charge is -2.35. The van der Waals surface area contributed by atoms with Gasteiger partial charge in [-0.05, 0) is 41.1 Å². The third-order valence-corrected chi connectivity index (χ3v) is 5.28. The number of ether oxygens (including phenoxy) is 2. The second-order valence-electron chi connectivity index (χ2n) is 6.19. The molecule has 1 spiro atoms. The Morgan fingerprint density at radius 3 is 2.77 bits per heavy atom. The fraction of sp³-hybridized carbons (Fsp3) is 0.688. The molecule has 0 radical (unpaired) electrons. The molecular weight excluding hydrogens is 300 g/mol. The number of hydrogen-bond donors (Lipinski definition) is 2. The molecule has 1 atom stereocenters. The Hall–Kier alpha value is -1.11. The molecule has 1 saturated heterocycles. The van der Waals surface area contributed by atoms with E-state index in [4.69, 9.17) is 9.47 Å². The van der Waals surface area contributed by atoms with Crippen LogP contribution in [0.15, 0.2) is 16.8 Å². The zero-order chi connectivity index (χ0) is 15.4. The van der Waals surface area contributed by atoms with E-state index in [0.717, 1.165) is 25.7 Å². The Bertz CT molecular complexity index is 476. The van der Waals surface area contributed by atoms with E-state index in [-0.39, 0.29) is 17.9 Å². The normalized spacial score (nSPS) is 22.6. The van der Waals surface area contributed by atoms with Crippen LogP contribution in [0.5, 0.6) is 0 Å². The lowest BCUT2D eigenvalue weighted by molar-refractivity contribution is -0.179. The first-order valence-electron chi connectivity index (χ1n) is 8.01. The number of carbonyl (C=O) groups excluding carboxylic acids is 1. The zero-order valence-corrected chi connectivity index (χ0v) is 13.8. The summed E-state index contributed by atoms with van der Waals surface area (Å²) in [5.74, 6) is -0.0193. The maximum absolute atomic E-state index is 12.0. The molecule has 1 aliphatic heterocycles. The molecule has 1 aliphatic carbocycles. The summed E-state index contributed by atoms with van der Waals surface area (Å²) in [6, 6.07) is 2.25. The predicted molar refractivity (Wildman–Crippen MR) is 86.2 cm³/mol. The number of nitrogens with one attached hydrogen (secondary N) is 2. The van der Waals surface area contributed by atoms with E-state index >= 15 is 0 Å². The summed E-state index contributed by atoms with van der Waals surface area (Å²) in [7, 11) is 0. The van der Waals surface area contributed by atoms with Gasteiger partial charge in [0.05, 0.1) is 13.2 Å². The Kier molecular flexibility index (Phi) is 5.00. The monoisotopic (exact) mass is 324 g/mol. The van der Waals surface area contributed by atoms with Gasteiger partial charge in [0.15, 0.2) is 5.79 Å². The Balaban J connectivity index is 1.37. The van der Waals surface area contributed by atoms with E-state index < -0.39 is 0 Å². The summed E-state index contributed by atoms with van der Waals surface area (Å²) in [5, 5.41) is 10.2. The van der Waals surface area contributed by atoms with Crippen molar-refractivity contribution < 1.29 is 14.3 Å². The number of urea groups is 1. The van der Waals surface area contributed by atoms with E-state index in [9.17, 15) is 4.79 Å². The van der Waals surface area contributed by atoms with E-state index in [1.54, 1.807) is 11.3 Å². The van der Waals surface area contributed by atoms with E-state index in [2.05, 4.69) is 34.4 Å². The van der Waals surface area contributed by atoms with Crippen molar-refractivity contribution in [2.24, 2.45) is 0 Å². The average molecular weight is 324 g/mol. The van der Waals surface area contributed by atoms with Gasteiger partial charge in [-0.25, -0.2) is 4.79 Å². The molecular formula is C16H24N2O3S. The minimum atomic E-state index is -0.359. The SMILES string of the molecule is C[C@H](CNC(=O)NC1CCC2(CC1)OCCO2)c1ccsc1. The highest BCUT2D eigenvalue weighted by atomic mass is 32.1. The van der Waals surface area contributed by atoms with Gasteiger partial charge in [0, 0.05) is 25.4 Å². The standard InChI is InChI=1S/C16H24N2O3S/c1-12(13-4-9-22-11-13)10-17-15(19)18-14-2-5-16(6-3-14)20-7-8-21-16/h4,9,11-12,14H,2-3,5-8,10H2,1H3,(H2,17,18,19)/t12-/m1/s1. The first kappa shape index (κ1) is 15.8. The van der Waals surface area contributed by atoms with Crippen molar-refractivity contribution in [3.8, 4) is 0 Å². The van der Waals surface area contributed by atoms with Crippen molar-refractivity contribution in [2.75, 3.05) is 19.8 Å². The van der Waals surface area contributed by atoms with Gasteiger partial charge in [-0.15, -0.1) is 0 Å². The van der Waals surface area contributed by atoms with E-state index in [1.165, 1.54) is 5.56 Å². The van der Waals surface area contributed by atoms with Crippen LogP contribution in [-0.2, 0) is 9.47 Å². The van der Waals surface area contributed by atoms with Crippen LogP contribution in [0.2, 0.25) is 0 Å². The second-order valence-corrected chi connectivity index (χ2v) is 6.97. The molecule has 3 rings (SSSR count). The molecule has 2 amide bonds. The fourth-order valence-corrected chi connectivity index (χ4v) is 3.93. The molecule has 2 aliphatic rings. The van der Waals surface area contributed by atoms with Gasteiger partial charge in [0.2, 0.25) is 0 Å². The first-order chi connectivity index (χ1) is 10.7. The molecule has 22 heavy (non-hydrogen) atoms. The third kappa shape index (κ3) is 3.80. The molecule has 1 saturated carbocycles. The van der Waals surface area contributed by atoms with E-state index in [1.807, 2.05) is 0 Å². The molecule has 6 heteroatoms. The topological polar surface area (TPSA) is 59.6 Å². The van der Waals surface area contributed by atoms with Gasteiger partial charge >= 0.3 is 6.03 Å². The van der Waals surface area contributed by atoms with Gasteiger partial charge in [-0.1, -0.05) is 6.92 Å². The highest BCUT2D eigenvalue weighted by molar-refractivity contribution is 7.07. The Morgan fingerprint density at radius 1 is 1.41 bits per heavy atom. The summed E-state index contributed by atoms with van der Waals surface area (Å²) in [5.41, 5.74) is 1.28. The third-order valence-electron chi connectivity index (χ3n) is 4.58. The summed E-state index contributed by atoms with van der Waals surface area (Å²) >= 11 is 1.69. The minimum Gasteiger partial charge on any atom is -0.348 e. The van der Waals surface area contributed by atoms with Gasteiger partial charge < -0.3 is 20.1 Å². The maximum Gasteiger partial charge on any atom is 0.315 e. The van der Waals surface area contributed by atoms with Crippen LogP contribution < -0.4 is 10.6 Å². The summed E-state index contributed by atoms with van der Waals surface area (Å²) in [4.78, 5) is 12.0. The predicted octanol–water partition coefficient (Wildman–Crippen LogP) is 2.84. The summed E-state index contributed by atoms with van der Waals surface area (Å²) < 4.78 is 11.4. The van der Waals surface area contributed by atoms with Crippen molar-refractivity contribution >= 4 is 17.4 Å². The summed E-state index contributed by atoms with van der Waals surface area (Å²) in [6.07, 6.45) is 3.55. The molecule has 1 aromatic rings. The van der Waals surface area contributed by atoms with Crippen molar-refractivity contribution in [1.29, 1.82) is 0 Å². The van der Waals surface area contributed by atoms with Crippen molar-refractivity contribution in [2.45, 2.75) is 50.4 Å². The summed E-state index contributed by atoms with van der Waals surface area (Å²) in [6.45, 7) is 4.17. The van der Waals surface area contributed by atoms with Gasteiger partial charge in [0.1, 0.15) is 0 Å². The molecule has 0 unspecified atom stereocenters. The number of carbonyl (C=O) groups is 1. The highest BCUT2D eigenvalue weighted by Crippen LogP contribution is 2.35. The number of amides is 2. The van der Waals surface area contributed by atoms with Crippen molar-refractivity contribution in [3.05, 3.63) is 22.4 Å². The molecule has 0 aromatic carbocycles. The number of rotatable bonds is 4. The number of hydrogen-bond acceptors (Lipinski definition) is 4. The molecule has 0 bridgehead atoms. The van der Waals surface area contributed by atoms with Gasteiger partial charge in [-0.2, -0.15) is 11.3 Å². The Morgan fingerprint density at radius 2 is 2.14 bits per heavy atom. The minimum absolute atomic E-state index is 0.0729. The van der Waals surface area contributed by atoms with Gasteiger partial charge in [0.25, 0.3) is 0 Å². The second kappa shape index (κ2) is 6.98. The van der Waals surface area contributed by atoms with Crippen molar-refractivity contribution in [3.63, 3.8) is 0 Å². The van der Waals surface area contributed by atoms with Crippen molar-refractivity contribution in [1.82, 2.24) is 10.6 Å². The Labute approximate surface area is 135 Å². The zero-order valence-electron chi connectivity index (χ0n) is 13.0. The van der Waals surface area contributed by atoms with E-state index in [0.29, 0.717) is 25.7 Å². The van der Waals surface area contributed by atoms with Crippen LogP contribution in [0.1, 0.15) is 44.1 Å². The quantitative estimate of drug-likeness (QED) is 0.895. The smallest absolute Gasteiger partial charge is 0.315 e. The molecule has 2 N–H and O–H groups in total. The highest BCUT2D eigenvalue weighted by Gasteiger charge is 2.40. The van der Waals surface area contributed by atoms with Crippen LogP contribution in [0, 0.1) is 0 Å². The first-order valence-corrected chi connectivity index (χ1v) is 8.95. The van der Waals surface area contributed by atoms with Crippen LogP contribution in [-0.4, -0.2) is 37.6 Å². The molecule has 122 valence electrons. The largest absolute Gasteiger partial charge is 0.348 e. The van der Waals surface area contributed by atoms with Crippen LogP contribution in [0.4, 0.5) is 4.79 Å². The average Bonchev–Trinajstić information content (AvgIpc) is 3.20. The number of thiophene rings is 1. The molecule has 2 heterocycles. The maximum atomic E-state index is 12.0. The lowest BCUT2D eigenvalue weighted by Crippen LogP contribution is -2.47.